The summed E-state index contributed by atoms with van der Waals surface area (Å²) in [7, 11) is 4.80. The van der Waals surface area contributed by atoms with E-state index in [0.717, 1.165) is 22.2 Å². The summed E-state index contributed by atoms with van der Waals surface area (Å²) >= 11 is 0. The van der Waals surface area contributed by atoms with Gasteiger partial charge in [-0.3, -0.25) is 4.79 Å². The zero-order valence-electron chi connectivity index (χ0n) is 20.2. The van der Waals surface area contributed by atoms with Crippen LogP contribution in [0.4, 0.5) is 5.69 Å². The average molecular weight is 475 g/mol. The second kappa shape index (κ2) is 11.6. The highest BCUT2D eigenvalue weighted by molar-refractivity contribution is 6.11. The molecule has 0 radical (unpaired) electrons. The van der Waals surface area contributed by atoms with Crippen molar-refractivity contribution in [2.75, 3.05) is 40.0 Å². The number of hydrogen-bond donors (Lipinski definition) is 1. The molecule has 182 valence electrons. The van der Waals surface area contributed by atoms with E-state index in [1.807, 2.05) is 72.9 Å². The van der Waals surface area contributed by atoms with Gasteiger partial charge in [0.25, 0.3) is 0 Å². The van der Waals surface area contributed by atoms with Gasteiger partial charge in [-0.15, -0.1) is 0 Å². The van der Waals surface area contributed by atoms with Crippen LogP contribution in [0.15, 0.2) is 79.0 Å². The van der Waals surface area contributed by atoms with Crippen molar-refractivity contribution >= 4 is 22.4 Å². The van der Waals surface area contributed by atoms with Crippen LogP contribution < -0.4 is 14.8 Å². The molecule has 4 aromatic rings. The molecule has 0 spiro atoms. The zero-order chi connectivity index (χ0) is 24.6. The van der Waals surface area contributed by atoms with Crippen molar-refractivity contribution in [1.29, 1.82) is 0 Å². The molecule has 7 nitrogen and oxygen atoms in total. The first kappa shape index (κ1) is 24.3. The van der Waals surface area contributed by atoms with Crippen molar-refractivity contribution in [1.82, 2.24) is 4.57 Å². The Morgan fingerprint density at radius 2 is 1.60 bits per heavy atom. The van der Waals surface area contributed by atoms with Gasteiger partial charge in [-0.2, -0.15) is 0 Å². The second-order valence-electron chi connectivity index (χ2n) is 8.02. The molecule has 0 aliphatic carbocycles. The van der Waals surface area contributed by atoms with E-state index < -0.39 is 6.04 Å². The van der Waals surface area contributed by atoms with Gasteiger partial charge >= 0.3 is 0 Å². The number of ether oxygens (including phenoxy) is 4. The lowest BCUT2D eigenvalue weighted by Crippen LogP contribution is -2.21. The minimum atomic E-state index is -0.614. The average Bonchev–Trinajstić information content (AvgIpc) is 3.28. The number of fused-ring (bicyclic) bond motifs is 1. The minimum absolute atomic E-state index is 0.0363. The molecule has 0 bridgehead atoms. The summed E-state index contributed by atoms with van der Waals surface area (Å²) in [5.74, 6) is 1.24. The number of nitrogens with one attached hydrogen (secondary N) is 1. The van der Waals surface area contributed by atoms with Gasteiger partial charge in [0.15, 0.2) is 5.78 Å². The van der Waals surface area contributed by atoms with Crippen LogP contribution in [-0.4, -0.2) is 45.1 Å². The number of anilines is 1. The first-order chi connectivity index (χ1) is 17.1. The van der Waals surface area contributed by atoms with Crippen molar-refractivity contribution in [2.24, 2.45) is 0 Å². The highest BCUT2D eigenvalue weighted by Crippen LogP contribution is 2.32. The molecule has 0 fully saturated rings. The number of methoxy groups -OCH3 is 3. The Balaban J connectivity index is 1.72. The van der Waals surface area contributed by atoms with E-state index in [0.29, 0.717) is 30.2 Å². The van der Waals surface area contributed by atoms with E-state index in [2.05, 4.69) is 9.88 Å². The fourth-order valence-electron chi connectivity index (χ4n) is 4.09. The van der Waals surface area contributed by atoms with Gasteiger partial charge in [0.2, 0.25) is 0 Å². The number of para-hydroxylation sites is 1. The summed E-state index contributed by atoms with van der Waals surface area (Å²) in [6.45, 7) is 1.31. The predicted octanol–water partition coefficient (Wildman–Crippen LogP) is 5.32. The molecule has 35 heavy (non-hydrogen) atoms. The van der Waals surface area contributed by atoms with Crippen LogP contribution in [0, 0.1) is 0 Å². The fraction of sp³-hybridized carbons (Fsp3) is 0.250. The Labute approximate surface area is 205 Å². The largest absolute Gasteiger partial charge is 0.497 e. The van der Waals surface area contributed by atoms with E-state index in [1.54, 1.807) is 27.4 Å². The molecule has 0 aliphatic rings. The predicted molar refractivity (Wildman–Crippen MR) is 136 cm³/mol. The molecule has 1 N–H and O–H groups in total. The Morgan fingerprint density at radius 3 is 2.29 bits per heavy atom. The number of carbonyl (C=O) groups is 1. The summed E-state index contributed by atoms with van der Waals surface area (Å²) in [5, 5.41) is 4.32. The maximum absolute atomic E-state index is 14.1. The molecule has 3 aromatic carbocycles. The summed E-state index contributed by atoms with van der Waals surface area (Å²) in [5.41, 5.74) is 3.20. The summed E-state index contributed by atoms with van der Waals surface area (Å²) in [4.78, 5) is 14.1. The van der Waals surface area contributed by atoms with Gasteiger partial charge in [0.05, 0.1) is 20.8 Å². The van der Waals surface area contributed by atoms with E-state index in [1.165, 1.54) is 0 Å². The summed E-state index contributed by atoms with van der Waals surface area (Å²) < 4.78 is 23.3. The molecule has 7 heteroatoms. The lowest BCUT2D eigenvalue weighted by molar-refractivity contribution is -0.0327. The van der Waals surface area contributed by atoms with Gasteiger partial charge in [0.1, 0.15) is 24.3 Å². The smallest absolute Gasteiger partial charge is 0.191 e. The Kier molecular flexibility index (Phi) is 8.03. The zero-order valence-corrected chi connectivity index (χ0v) is 20.2. The molecule has 0 amide bonds. The number of benzene rings is 3. The molecule has 0 aliphatic heterocycles. The highest BCUT2D eigenvalue weighted by atomic mass is 16.7. The molecule has 1 atom stereocenters. The van der Waals surface area contributed by atoms with Gasteiger partial charge in [-0.1, -0.05) is 48.5 Å². The monoisotopic (exact) mass is 474 g/mol. The maximum Gasteiger partial charge on any atom is 0.191 e. The van der Waals surface area contributed by atoms with Gasteiger partial charge in [-0.05, 0) is 11.6 Å². The first-order valence-corrected chi connectivity index (χ1v) is 11.4. The van der Waals surface area contributed by atoms with Crippen LogP contribution in [0.5, 0.6) is 11.5 Å². The molecule has 1 unspecified atom stereocenters. The van der Waals surface area contributed by atoms with Crippen LogP contribution in [0.2, 0.25) is 0 Å². The number of carbonyl (C=O) groups excluding carboxylic acids is 1. The number of rotatable bonds is 12. The van der Waals surface area contributed by atoms with Gasteiger partial charge < -0.3 is 28.8 Å². The van der Waals surface area contributed by atoms with E-state index in [9.17, 15) is 4.79 Å². The van der Waals surface area contributed by atoms with Crippen molar-refractivity contribution in [3.05, 3.63) is 90.1 Å². The van der Waals surface area contributed by atoms with Crippen molar-refractivity contribution in [2.45, 2.75) is 12.6 Å². The molecule has 1 heterocycles. The van der Waals surface area contributed by atoms with Crippen molar-refractivity contribution in [3.63, 3.8) is 0 Å². The first-order valence-electron chi connectivity index (χ1n) is 11.4. The lowest BCUT2D eigenvalue weighted by atomic mass is 9.96. The topological polar surface area (TPSA) is 71.0 Å². The van der Waals surface area contributed by atoms with Crippen molar-refractivity contribution in [3.8, 4) is 11.5 Å². The highest BCUT2D eigenvalue weighted by Gasteiger charge is 2.26. The molecule has 4 rings (SSSR count). The number of aromatic nitrogens is 1. The van der Waals surface area contributed by atoms with Crippen LogP contribution in [0.3, 0.4) is 0 Å². The van der Waals surface area contributed by atoms with E-state index in [-0.39, 0.29) is 12.6 Å². The van der Waals surface area contributed by atoms with Crippen LogP contribution >= 0.6 is 0 Å². The van der Waals surface area contributed by atoms with Crippen LogP contribution in [-0.2, 0) is 16.0 Å². The van der Waals surface area contributed by atoms with E-state index in [4.69, 9.17) is 18.9 Å². The molecule has 0 saturated carbocycles. The Hall–Kier alpha value is -3.81. The van der Waals surface area contributed by atoms with E-state index >= 15 is 0 Å². The van der Waals surface area contributed by atoms with Gasteiger partial charge in [-0.25, -0.2) is 0 Å². The molecule has 0 saturated heterocycles. The number of nitrogens with zero attached hydrogens (tertiary/aromatic N) is 1. The maximum atomic E-state index is 14.1. The minimum Gasteiger partial charge on any atom is -0.497 e. The van der Waals surface area contributed by atoms with Gasteiger partial charge in [0, 0.05) is 60.2 Å². The third-order valence-corrected chi connectivity index (χ3v) is 5.79. The third kappa shape index (κ3) is 5.65. The third-order valence-electron chi connectivity index (χ3n) is 5.79. The molecular weight excluding hydrogens is 444 g/mol. The van der Waals surface area contributed by atoms with Crippen molar-refractivity contribution < 1.29 is 23.7 Å². The standard InChI is InChI=1S/C28H30N2O5/c1-32-19-35-14-13-30-18-25(24-11-7-8-12-26(24)30)28(31)27(20-9-5-4-6-10-20)29-21-15-22(33-2)17-23(16-21)34-3/h4-12,15-18,27,29H,13-14,19H2,1-3H3. The fourth-order valence-corrected chi connectivity index (χ4v) is 4.09. The summed E-state index contributed by atoms with van der Waals surface area (Å²) in [6, 6.07) is 22.5. The van der Waals surface area contributed by atoms with Crippen LogP contribution in [0.25, 0.3) is 10.9 Å². The second-order valence-corrected chi connectivity index (χ2v) is 8.02. The molecule has 1 aromatic heterocycles. The number of ketones is 1. The normalized spacial score (nSPS) is 11.9. The summed E-state index contributed by atoms with van der Waals surface area (Å²) in [6.07, 6.45) is 1.91. The molecular formula is C28H30N2O5. The Morgan fingerprint density at radius 1 is 0.914 bits per heavy atom. The Bertz CT molecular complexity index is 1250. The number of hydrogen-bond acceptors (Lipinski definition) is 6. The van der Waals surface area contributed by atoms with Crippen LogP contribution in [0.1, 0.15) is 22.0 Å². The number of Topliss-reactive ketones (excluding diaryl/α,β-unsaturated/α-hetero) is 1. The quantitative estimate of drug-likeness (QED) is 0.170. The lowest BCUT2D eigenvalue weighted by Gasteiger charge is -2.20. The SMILES string of the molecule is COCOCCn1cc(C(=O)C(Nc2cc(OC)cc(OC)c2)c2ccccc2)c2ccccc21.